The van der Waals surface area contributed by atoms with Crippen LogP contribution in [0.15, 0.2) is 0 Å². The van der Waals surface area contributed by atoms with Crippen molar-refractivity contribution in [3.63, 3.8) is 0 Å². The molecule has 1 atom stereocenters. The minimum absolute atomic E-state index is 0.458. The first-order valence-corrected chi connectivity index (χ1v) is 9.21. The molecule has 21 heavy (non-hydrogen) atoms. The maximum absolute atomic E-state index is 5.85. The van der Waals surface area contributed by atoms with Crippen LogP contribution in [0.3, 0.4) is 0 Å². The van der Waals surface area contributed by atoms with E-state index in [0.29, 0.717) is 17.6 Å². The van der Waals surface area contributed by atoms with Gasteiger partial charge in [-0.05, 0) is 24.7 Å². The van der Waals surface area contributed by atoms with E-state index >= 15 is 0 Å². The number of rotatable bonds is 6. The Labute approximate surface area is 131 Å². The molecule has 0 radical (unpaired) electrons. The van der Waals surface area contributed by atoms with Crippen LogP contribution in [0.2, 0.25) is 0 Å². The molecule has 1 saturated heterocycles. The van der Waals surface area contributed by atoms with Crippen molar-refractivity contribution >= 4 is 0 Å². The molecule has 3 heteroatoms. The van der Waals surface area contributed by atoms with E-state index in [9.17, 15) is 0 Å². The average molecular weight is 296 g/mol. The van der Waals surface area contributed by atoms with Gasteiger partial charge in [0.1, 0.15) is 0 Å². The maximum atomic E-state index is 5.85. The number of hydrogen-bond donors (Lipinski definition) is 1. The van der Waals surface area contributed by atoms with Crippen LogP contribution in [0.5, 0.6) is 0 Å². The molecular weight excluding hydrogens is 260 g/mol. The molecule has 3 nitrogen and oxygen atoms in total. The molecule has 1 saturated carbocycles. The Morgan fingerprint density at radius 2 is 1.90 bits per heavy atom. The second-order valence-electron chi connectivity index (χ2n) is 7.59. The van der Waals surface area contributed by atoms with Gasteiger partial charge in [-0.15, -0.1) is 0 Å². The Bertz CT molecular complexity index is 285. The third-order valence-corrected chi connectivity index (χ3v) is 5.29. The molecule has 2 fully saturated rings. The van der Waals surface area contributed by atoms with Gasteiger partial charge < -0.3 is 10.1 Å². The van der Waals surface area contributed by atoms with Gasteiger partial charge in [0.15, 0.2) is 0 Å². The van der Waals surface area contributed by atoms with E-state index in [1.165, 1.54) is 51.6 Å². The van der Waals surface area contributed by atoms with Crippen molar-refractivity contribution < 1.29 is 4.74 Å². The predicted molar refractivity (Wildman–Crippen MR) is 89.7 cm³/mol. The molecule has 0 bridgehead atoms. The van der Waals surface area contributed by atoms with Crippen molar-refractivity contribution in [3.05, 3.63) is 0 Å². The van der Waals surface area contributed by atoms with Gasteiger partial charge in [-0.2, -0.15) is 0 Å². The van der Waals surface area contributed by atoms with Crippen LogP contribution < -0.4 is 5.32 Å². The minimum atomic E-state index is 0.458. The Balaban J connectivity index is 1.96. The summed E-state index contributed by atoms with van der Waals surface area (Å²) >= 11 is 0. The monoisotopic (exact) mass is 296 g/mol. The molecule has 1 aliphatic heterocycles. The van der Waals surface area contributed by atoms with Crippen LogP contribution in [0.4, 0.5) is 0 Å². The molecule has 1 N–H and O–H groups in total. The summed E-state index contributed by atoms with van der Waals surface area (Å²) in [5.74, 6) is 0. The van der Waals surface area contributed by atoms with Gasteiger partial charge >= 0.3 is 0 Å². The van der Waals surface area contributed by atoms with E-state index < -0.39 is 0 Å². The number of nitrogens with zero attached hydrogens (tertiary/aromatic N) is 1. The van der Waals surface area contributed by atoms with E-state index in [-0.39, 0.29) is 0 Å². The zero-order valence-electron chi connectivity index (χ0n) is 14.5. The SMILES string of the molecule is CCC1CN(CC2(CNC(C)C)CCCCCC2)CCO1. The minimum Gasteiger partial charge on any atom is -0.376 e. The lowest BCUT2D eigenvalue weighted by Crippen LogP contribution is -2.50. The largest absolute Gasteiger partial charge is 0.376 e. The molecule has 1 heterocycles. The second-order valence-corrected chi connectivity index (χ2v) is 7.59. The lowest BCUT2D eigenvalue weighted by atomic mass is 9.79. The van der Waals surface area contributed by atoms with Crippen LogP contribution >= 0.6 is 0 Å². The first-order chi connectivity index (χ1) is 10.1. The standard InChI is InChI=1S/C18H36N2O/c1-4-17-13-20(11-12-21-17)15-18(14-19-16(2)3)9-7-5-6-8-10-18/h16-17,19H,4-15H2,1-3H3. The zero-order chi connectivity index (χ0) is 15.1. The first-order valence-electron chi connectivity index (χ1n) is 9.21. The summed E-state index contributed by atoms with van der Waals surface area (Å²) in [6.45, 7) is 12.4. The van der Waals surface area contributed by atoms with Gasteiger partial charge in [-0.25, -0.2) is 0 Å². The molecular formula is C18H36N2O. The van der Waals surface area contributed by atoms with E-state index in [4.69, 9.17) is 4.74 Å². The number of nitrogens with one attached hydrogen (secondary N) is 1. The van der Waals surface area contributed by atoms with Gasteiger partial charge in [0.25, 0.3) is 0 Å². The van der Waals surface area contributed by atoms with E-state index in [0.717, 1.165) is 26.1 Å². The lowest BCUT2D eigenvalue weighted by molar-refractivity contribution is -0.0443. The lowest BCUT2D eigenvalue weighted by Gasteiger charge is -2.42. The summed E-state index contributed by atoms with van der Waals surface area (Å²) < 4.78 is 5.85. The van der Waals surface area contributed by atoms with E-state index in [2.05, 4.69) is 31.0 Å². The number of morpholine rings is 1. The van der Waals surface area contributed by atoms with Crippen LogP contribution in [0.1, 0.15) is 65.7 Å². The van der Waals surface area contributed by atoms with Crippen molar-refractivity contribution in [2.24, 2.45) is 5.41 Å². The topological polar surface area (TPSA) is 24.5 Å². The second kappa shape index (κ2) is 8.50. The highest BCUT2D eigenvalue weighted by Gasteiger charge is 2.34. The fourth-order valence-corrected chi connectivity index (χ4v) is 3.94. The Morgan fingerprint density at radius 1 is 1.19 bits per heavy atom. The molecule has 0 aromatic heterocycles. The summed E-state index contributed by atoms with van der Waals surface area (Å²) in [6, 6.07) is 0.596. The molecule has 2 aliphatic rings. The molecule has 0 aromatic carbocycles. The van der Waals surface area contributed by atoms with Gasteiger partial charge in [-0.3, -0.25) is 4.90 Å². The van der Waals surface area contributed by atoms with Crippen LogP contribution in [0, 0.1) is 5.41 Å². The maximum Gasteiger partial charge on any atom is 0.0700 e. The molecule has 2 rings (SSSR count). The predicted octanol–water partition coefficient (Wildman–Crippen LogP) is 3.44. The smallest absolute Gasteiger partial charge is 0.0700 e. The van der Waals surface area contributed by atoms with Crippen molar-refractivity contribution in [2.75, 3.05) is 32.8 Å². The fraction of sp³-hybridized carbons (Fsp3) is 1.00. The van der Waals surface area contributed by atoms with Crippen molar-refractivity contribution in [3.8, 4) is 0 Å². The molecule has 0 amide bonds. The van der Waals surface area contributed by atoms with Gasteiger partial charge in [0.2, 0.25) is 0 Å². The highest BCUT2D eigenvalue weighted by atomic mass is 16.5. The first kappa shape index (κ1) is 17.2. The van der Waals surface area contributed by atoms with Gasteiger partial charge in [-0.1, -0.05) is 46.5 Å². The zero-order valence-corrected chi connectivity index (χ0v) is 14.5. The Hall–Kier alpha value is -0.120. The normalized spacial score (nSPS) is 27.7. The molecule has 1 unspecified atom stereocenters. The van der Waals surface area contributed by atoms with E-state index in [1.54, 1.807) is 0 Å². The molecule has 1 aliphatic carbocycles. The molecule has 0 aromatic rings. The third kappa shape index (κ3) is 5.54. The number of hydrogen-bond acceptors (Lipinski definition) is 3. The Morgan fingerprint density at radius 3 is 2.52 bits per heavy atom. The highest BCUT2D eigenvalue weighted by Crippen LogP contribution is 2.36. The fourth-order valence-electron chi connectivity index (χ4n) is 3.94. The summed E-state index contributed by atoms with van der Waals surface area (Å²) in [4.78, 5) is 2.69. The van der Waals surface area contributed by atoms with Crippen molar-refractivity contribution in [1.29, 1.82) is 0 Å². The molecule has 124 valence electrons. The van der Waals surface area contributed by atoms with Crippen LogP contribution in [0.25, 0.3) is 0 Å². The van der Waals surface area contributed by atoms with Gasteiger partial charge in [0, 0.05) is 32.2 Å². The van der Waals surface area contributed by atoms with E-state index in [1.807, 2.05) is 0 Å². The number of ether oxygens (including phenoxy) is 1. The highest BCUT2D eigenvalue weighted by molar-refractivity contribution is 4.88. The average Bonchev–Trinajstić information content (AvgIpc) is 2.71. The Kier molecular flexibility index (Phi) is 6.97. The van der Waals surface area contributed by atoms with Crippen LogP contribution in [-0.4, -0.2) is 49.8 Å². The molecule has 0 spiro atoms. The summed E-state index contributed by atoms with van der Waals surface area (Å²) in [7, 11) is 0. The van der Waals surface area contributed by atoms with Crippen LogP contribution in [-0.2, 0) is 4.74 Å². The third-order valence-electron chi connectivity index (χ3n) is 5.29. The van der Waals surface area contributed by atoms with Crippen molar-refractivity contribution in [2.45, 2.75) is 77.9 Å². The summed E-state index contributed by atoms with van der Waals surface area (Å²) in [5.41, 5.74) is 0.496. The quantitative estimate of drug-likeness (QED) is 0.760. The summed E-state index contributed by atoms with van der Waals surface area (Å²) in [5, 5.41) is 3.74. The van der Waals surface area contributed by atoms with Crippen molar-refractivity contribution in [1.82, 2.24) is 10.2 Å². The van der Waals surface area contributed by atoms with Gasteiger partial charge in [0.05, 0.1) is 12.7 Å². The summed E-state index contributed by atoms with van der Waals surface area (Å²) in [6.07, 6.45) is 10.1.